The van der Waals surface area contributed by atoms with Gasteiger partial charge in [0.25, 0.3) is 0 Å². The molecule has 1 aromatic rings. The molecule has 128 valence electrons. The minimum absolute atomic E-state index is 0.852. The molecule has 0 saturated carbocycles. The van der Waals surface area contributed by atoms with Crippen molar-refractivity contribution >= 4 is 7.32 Å². The molecule has 0 aliphatic rings. The van der Waals surface area contributed by atoms with Gasteiger partial charge in [-0.15, -0.1) is 0 Å². The van der Waals surface area contributed by atoms with Gasteiger partial charge in [-0.2, -0.15) is 13.2 Å². The van der Waals surface area contributed by atoms with E-state index in [1.807, 2.05) is 0 Å². The smallest absolute Gasteiger partial charge is 0.402 e. The molecule has 0 fully saturated rings. The number of halogens is 3. The number of hydrogen-bond donors (Lipinski definition) is 5. The lowest BCUT2D eigenvalue weighted by atomic mass is 9.90. The van der Waals surface area contributed by atoms with E-state index in [-0.39, 0.29) is 0 Å². The molecule has 1 aromatic heterocycles. The summed E-state index contributed by atoms with van der Waals surface area (Å²) in [5, 5.41) is 39.7. The average molecular weight is 327 g/mol. The third kappa shape index (κ3) is 12.5. The Balaban J connectivity index is 0. The summed E-state index contributed by atoms with van der Waals surface area (Å²) in [4.78, 5) is 3.12. The van der Waals surface area contributed by atoms with E-state index in [1.165, 1.54) is 12.1 Å². The molecule has 10 heteroatoms. The fourth-order valence-corrected chi connectivity index (χ4v) is 0.530. The molecular formula is C12H21BF3NO5. The van der Waals surface area contributed by atoms with Crippen molar-refractivity contribution in [3.05, 3.63) is 30.1 Å². The van der Waals surface area contributed by atoms with Gasteiger partial charge in [-0.05, 0) is 39.8 Å². The fourth-order valence-electron chi connectivity index (χ4n) is 0.530. The number of rotatable bonds is 1. The van der Waals surface area contributed by atoms with Crippen molar-refractivity contribution in [2.45, 2.75) is 45.1 Å². The molecule has 0 aliphatic heterocycles. The highest BCUT2D eigenvalue weighted by molar-refractivity contribution is 6.30. The molecule has 6 nitrogen and oxygen atoms in total. The van der Waals surface area contributed by atoms with Gasteiger partial charge in [-0.1, -0.05) is 6.07 Å². The molecule has 0 bridgehead atoms. The van der Waals surface area contributed by atoms with Crippen molar-refractivity contribution in [1.82, 2.24) is 4.98 Å². The first kappa shape index (κ1) is 23.1. The van der Waals surface area contributed by atoms with Gasteiger partial charge in [0.2, 0.25) is 0 Å². The zero-order chi connectivity index (χ0) is 18.2. The largest absolute Gasteiger partial charge is 0.631 e. The molecule has 1 heterocycles. The number of aromatic nitrogens is 1. The average Bonchev–Trinajstić information content (AvgIpc) is 2.26. The Hall–Kier alpha value is -1.20. The third-order valence-electron chi connectivity index (χ3n) is 2.45. The Kier molecular flexibility index (Phi) is 9.50. The number of alkyl halides is 3. The summed E-state index contributed by atoms with van der Waals surface area (Å²) < 4.78 is 35.2. The maximum Gasteiger partial charge on any atom is 0.631 e. The quantitative estimate of drug-likeness (QED) is 0.482. The van der Waals surface area contributed by atoms with Crippen LogP contribution in [0.3, 0.4) is 0 Å². The van der Waals surface area contributed by atoms with Crippen LogP contribution >= 0.6 is 0 Å². The van der Waals surface area contributed by atoms with Crippen molar-refractivity contribution in [2.24, 2.45) is 0 Å². The molecule has 0 unspecified atom stereocenters. The van der Waals surface area contributed by atoms with Crippen molar-refractivity contribution in [3.8, 4) is 0 Å². The van der Waals surface area contributed by atoms with Crippen molar-refractivity contribution in [3.63, 3.8) is 0 Å². The molecule has 0 saturated heterocycles. The fraction of sp³-hybridized carbons (Fsp3) is 0.583. The maximum atomic E-state index is 11.7. The first-order valence-corrected chi connectivity index (χ1v) is 6.06. The highest BCUT2D eigenvalue weighted by Crippen LogP contribution is 2.26. The number of aliphatic hydroxyl groups is 2. The van der Waals surface area contributed by atoms with Crippen LogP contribution in [0.2, 0.25) is 0 Å². The molecule has 0 aromatic carbocycles. The van der Waals surface area contributed by atoms with Crippen LogP contribution in [0.25, 0.3) is 0 Å². The van der Waals surface area contributed by atoms with Gasteiger partial charge in [0.15, 0.2) is 0 Å². The second-order valence-corrected chi connectivity index (χ2v) is 5.18. The third-order valence-corrected chi connectivity index (χ3v) is 2.45. The first-order chi connectivity index (χ1) is 9.59. The van der Waals surface area contributed by atoms with E-state index in [4.69, 9.17) is 25.3 Å². The molecule has 1 rings (SSSR count). The van der Waals surface area contributed by atoms with E-state index in [1.54, 1.807) is 27.7 Å². The van der Waals surface area contributed by atoms with Gasteiger partial charge < -0.3 is 25.3 Å². The lowest BCUT2D eigenvalue weighted by Crippen LogP contribution is -2.44. The normalized spacial score (nSPS) is 11.6. The number of hydrogen-bond acceptors (Lipinski definition) is 6. The highest BCUT2D eigenvalue weighted by Gasteiger charge is 2.32. The molecule has 0 spiro atoms. The second kappa shape index (κ2) is 9.06. The molecule has 0 radical (unpaired) electrons. The lowest BCUT2D eigenvalue weighted by Gasteiger charge is -2.31. The lowest BCUT2D eigenvalue weighted by molar-refractivity contribution is -0.141. The van der Waals surface area contributed by atoms with E-state index in [0.717, 1.165) is 12.3 Å². The Morgan fingerprint density at radius 3 is 1.41 bits per heavy atom. The summed E-state index contributed by atoms with van der Waals surface area (Å²) in [6.07, 6.45) is -3.20. The van der Waals surface area contributed by atoms with Gasteiger partial charge in [-0.3, -0.25) is 4.98 Å². The van der Waals surface area contributed by atoms with E-state index in [2.05, 4.69) is 4.98 Å². The topological polar surface area (TPSA) is 114 Å². The predicted molar refractivity (Wildman–Crippen MR) is 74.2 cm³/mol. The zero-order valence-electron chi connectivity index (χ0n) is 12.7. The Morgan fingerprint density at radius 1 is 0.909 bits per heavy atom. The summed E-state index contributed by atoms with van der Waals surface area (Å²) >= 11 is 0. The predicted octanol–water partition coefficient (Wildman–Crippen LogP) is 0.577. The second-order valence-electron chi connectivity index (χ2n) is 5.18. The van der Waals surface area contributed by atoms with Crippen molar-refractivity contribution < 1.29 is 38.5 Å². The van der Waals surface area contributed by atoms with Crippen molar-refractivity contribution in [2.75, 3.05) is 0 Å². The van der Waals surface area contributed by atoms with Crippen LogP contribution in [-0.2, 0) is 6.18 Å². The highest BCUT2D eigenvalue weighted by atomic mass is 19.4. The van der Waals surface area contributed by atoms with Crippen LogP contribution in [0.4, 0.5) is 13.2 Å². The van der Waals surface area contributed by atoms with Gasteiger partial charge in [0, 0.05) is 6.20 Å². The maximum absolute atomic E-state index is 11.7. The van der Waals surface area contributed by atoms with Gasteiger partial charge >= 0.3 is 13.5 Å². The molecule has 22 heavy (non-hydrogen) atoms. The molecular weight excluding hydrogens is 306 g/mol. The van der Waals surface area contributed by atoms with Crippen LogP contribution < -0.4 is 0 Å². The molecule has 0 atom stereocenters. The number of pyridine rings is 1. The van der Waals surface area contributed by atoms with Gasteiger partial charge in [-0.25, -0.2) is 0 Å². The summed E-state index contributed by atoms with van der Waals surface area (Å²) in [5.74, 6) is 0. The van der Waals surface area contributed by atoms with Gasteiger partial charge in [0.05, 0.1) is 11.2 Å². The first-order valence-electron chi connectivity index (χ1n) is 6.06. The Morgan fingerprint density at radius 2 is 1.27 bits per heavy atom. The summed E-state index contributed by atoms with van der Waals surface area (Å²) in [6, 6.07) is 3.67. The Labute approximate surface area is 127 Å². The van der Waals surface area contributed by atoms with E-state index >= 15 is 0 Å². The van der Waals surface area contributed by atoms with Crippen LogP contribution in [0.15, 0.2) is 24.4 Å². The zero-order valence-corrected chi connectivity index (χ0v) is 12.7. The van der Waals surface area contributed by atoms with Crippen LogP contribution in [0.5, 0.6) is 0 Å². The van der Waals surface area contributed by atoms with Crippen LogP contribution in [-0.4, -0.2) is 48.8 Å². The summed E-state index contributed by atoms with van der Waals surface area (Å²) in [7, 11) is -2.17. The number of nitrogens with zero attached hydrogens (tertiary/aromatic N) is 1. The van der Waals surface area contributed by atoms with Crippen LogP contribution in [0.1, 0.15) is 33.4 Å². The Bertz CT molecular complexity index is 387. The summed E-state index contributed by atoms with van der Waals surface area (Å²) in [6.45, 7) is 6.31. The summed E-state index contributed by atoms with van der Waals surface area (Å²) in [5.41, 5.74) is -2.87. The minimum Gasteiger partial charge on any atom is -0.402 e. The molecule has 5 N–H and O–H groups in total. The monoisotopic (exact) mass is 327 g/mol. The van der Waals surface area contributed by atoms with Gasteiger partial charge in [0.1, 0.15) is 5.69 Å². The molecule has 0 aliphatic carbocycles. The van der Waals surface area contributed by atoms with E-state index in [0.29, 0.717) is 0 Å². The SMILES string of the molecule is CC(C)(O)C(C)(C)O.FC(F)(F)c1ccccn1.OB(O)O. The van der Waals surface area contributed by atoms with Crippen molar-refractivity contribution in [1.29, 1.82) is 0 Å². The minimum atomic E-state index is -4.32. The van der Waals surface area contributed by atoms with Crippen LogP contribution in [0, 0.1) is 0 Å². The van der Waals surface area contributed by atoms with E-state index < -0.39 is 30.4 Å². The standard InChI is InChI=1S/C6H4F3N.C6H14O2.BH3O3/c7-6(8,9)5-3-1-2-4-10-5;1-5(2,7)6(3,4)8;2-1(3)4/h1-4H;7-8H,1-4H3;2-4H. The van der Waals surface area contributed by atoms with E-state index in [9.17, 15) is 13.2 Å². The molecule has 0 amide bonds.